The summed E-state index contributed by atoms with van der Waals surface area (Å²) in [5.74, 6) is 0. The molecule has 0 atom stereocenters. The molecule has 0 aliphatic heterocycles. The monoisotopic (exact) mass is 218 g/mol. The van der Waals surface area contributed by atoms with Crippen LogP contribution in [-0.2, 0) is 10.4 Å². The van der Waals surface area contributed by atoms with E-state index < -0.39 is 35.8 Å². The largest absolute Gasteiger partial charge is 0.726 e. The Bertz CT molecular complexity index is 192. The molecule has 0 spiro atoms. The molecule has 0 aliphatic carbocycles. The molecule has 0 aromatic heterocycles. The highest BCUT2D eigenvalue weighted by Gasteiger charge is 2.20. The molecule has 0 amide bonds. The molecule has 0 saturated heterocycles. The summed E-state index contributed by atoms with van der Waals surface area (Å²) in [4.78, 5) is 0. The first-order valence-corrected chi connectivity index (χ1v) is 4.35. The molecule has 0 aromatic rings. The van der Waals surface area contributed by atoms with E-state index in [4.69, 9.17) is 38.6 Å². The Hall–Kier alpha value is -0.290. The van der Waals surface area contributed by atoms with Gasteiger partial charge in [0.25, 0.3) is 0 Å². The molecule has 9 heteroatoms. The maximum Gasteiger partial charge on any atom is 0.215 e. The average Bonchev–Trinajstić information content (AvgIpc) is 2.00. The van der Waals surface area contributed by atoms with Crippen molar-refractivity contribution in [2.45, 2.75) is 5.54 Å². The number of hydrogen-bond donors (Lipinski definition) is 5. The molecule has 0 rings (SSSR count). The second kappa shape index (κ2) is 6.21. The highest BCUT2D eigenvalue weighted by atomic mass is 32.3. The lowest BCUT2D eigenvalue weighted by Gasteiger charge is -2.20. The van der Waals surface area contributed by atoms with Crippen molar-refractivity contribution in [3.63, 3.8) is 0 Å². The molecule has 0 fully saturated rings. The van der Waals surface area contributed by atoms with Crippen molar-refractivity contribution in [3.8, 4) is 0 Å². The van der Waals surface area contributed by atoms with Crippen LogP contribution in [0.15, 0.2) is 0 Å². The molecular weight excluding hydrogens is 206 g/mol. The van der Waals surface area contributed by atoms with Crippen molar-refractivity contribution in [2.24, 2.45) is 5.73 Å². The summed E-state index contributed by atoms with van der Waals surface area (Å²) in [5, 5.41) is 25.0. The predicted octanol–water partition coefficient (Wildman–Crippen LogP) is -3.33. The van der Waals surface area contributed by atoms with E-state index >= 15 is 0 Å². The third kappa shape index (κ3) is 14.6. The first-order chi connectivity index (χ1) is 5.68. The predicted molar refractivity (Wildman–Crippen MR) is 40.5 cm³/mol. The number of aliphatic hydroxyl groups is 3. The Kier molecular flexibility index (Phi) is 7.26. The van der Waals surface area contributed by atoms with Crippen LogP contribution in [0.5, 0.6) is 0 Å². The minimum absolute atomic E-state index is 0.403. The van der Waals surface area contributed by atoms with Crippen molar-refractivity contribution in [1.82, 2.24) is 0 Å². The van der Waals surface area contributed by atoms with E-state index in [-0.39, 0.29) is 0 Å². The van der Waals surface area contributed by atoms with Crippen LogP contribution >= 0.6 is 0 Å². The zero-order valence-corrected chi connectivity index (χ0v) is 7.44. The number of rotatable bonds is 3. The first kappa shape index (κ1) is 15.2. The lowest BCUT2D eigenvalue weighted by atomic mass is 10.1. The zero-order valence-electron chi connectivity index (χ0n) is 6.62. The van der Waals surface area contributed by atoms with Gasteiger partial charge in [0.15, 0.2) is 0 Å². The second-order valence-corrected chi connectivity index (χ2v) is 3.12. The maximum atomic E-state index is 8.63. The van der Waals surface area contributed by atoms with Gasteiger partial charge in [-0.2, -0.15) is 0 Å². The van der Waals surface area contributed by atoms with Gasteiger partial charge >= 0.3 is 0 Å². The Morgan fingerprint density at radius 3 is 1.31 bits per heavy atom. The van der Waals surface area contributed by atoms with Gasteiger partial charge in [-0.1, -0.05) is 0 Å². The summed E-state index contributed by atoms with van der Waals surface area (Å²) < 4.78 is 32.8. The van der Waals surface area contributed by atoms with Crippen LogP contribution in [0, 0.1) is 0 Å². The molecular formula is C4H12NO7S-. The molecule has 0 bridgehead atoms. The van der Waals surface area contributed by atoms with Gasteiger partial charge < -0.3 is 25.6 Å². The van der Waals surface area contributed by atoms with Crippen molar-refractivity contribution < 1.29 is 32.8 Å². The van der Waals surface area contributed by atoms with Gasteiger partial charge in [0, 0.05) is 0 Å². The van der Waals surface area contributed by atoms with E-state index in [2.05, 4.69) is 0 Å². The van der Waals surface area contributed by atoms with Crippen molar-refractivity contribution >= 4 is 10.4 Å². The number of nitrogens with two attached hydrogens (primary N) is 1. The number of aliphatic hydroxyl groups excluding tert-OH is 3. The van der Waals surface area contributed by atoms with Gasteiger partial charge in [-0.3, -0.25) is 4.55 Å². The molecule has 0 aliphatic rings. The Balaban J connectivity index is 0. The van der Waals surface area contributed by atoms with Crippen molar-refractivity contribution in [3.05, 3.63) is 0 Å². The smallest absolute Gasteiger partial charge is 0.215 e. The van der Waals surface area contributed by atoms with Gasteiger partial charge in [-0.25, -0.2) is 8.42 Å². The lowest BCUT2D eigenvalue weighted by Crippen LogP contribution is -2.50. The fourth-order valence-electron chi connectivity index (χ4n) is 0.150. The van der Waals surface area contributed by atoms with Crippen LogP contribution in [0.25, 0.3) is 0 Å². The maximum absolute atomic E-state index is 8.63. The van der Waals surface area contributed by atoms with E-state index in [1.54, 1.807) is 0 Å². The number of hydrogen-bond acceptors (Lipinski definition) is 7. The normalized spacial score (nSPS) is 11.8. The third-order valence-electron chi connectivity index (χ3n) is 0.945. The third-order valence-corrected chi connectivity index (χ3v) is 0.945. The van der Waals surface area contributed by atoms with Crippen LogP contribution in [0.3, 0.4) is 0 Å². The van der Waals surface area contributed by atoms with Crippen LogP contribution in [0.4, 0.5) is 0 Å². The minimum atomic E-state index is -4.92. The fourth-order valence-corrected chi connectivity index (χ4v) is 0.150. The summed E-state index contributed by atoms with van der Waals surface area (Å²) >= 11 is 0. The van der Waals surface area contributed by atoms with E-state index in [1.807, 2.05) is 0 Å². The molecule has 0 saturated carbocycles. The molecule has 13 heavy (non-hydrogen) atoms. The molecule has 0 heterocycles. The van der Waals surface area contributed by atoms with Gasteiger partial charge in [0.05, 0.1) is 25.4 Å². The molecule has 8 nitrogen and oxygen atoms in total. The second-order valence-electron chi connectivity index (χ2n) is 2.26. The fraction of sp³-hybridized carbons (Fsp3) is 1.00. The van der Waals surface area contributed by atoms with Crippen LogP contribution < -0.4 is 5.73 Å². The summed E-state index contributed by atoms with van der Waals surface area (Å²) in [6.07, 6.45) is 0. The molecule has 0 unspecified atom stereocenters. The Morgan fingerprint density at radius 2 is 1.31 bits per heavy atom. The lowest BCUT2D eigenvalue weighted by molar-refractivity contribution is 0.0697. The van der Waals surface area contributed by atoms with Crippen LogP contribution in [0.1, 0.15) is 0 Å². The highest BCUT2D eigenvalue weighted by Crippen LogP contribution is 1.93. The SMILES string of the molecule is NC(CO)(CO)CO.O=S(=O)([O-])O. The van der Waals surface area contributed by atoms with E-state index in [0.29, 0.717) is 0 Å². The quantitative estimate of drug-likeness (QED) is 0.242. The van der Waals surface area contributed by atoms with Crippen LogP contribution in [-0.4, -0.2) is 58.2 Å². The van der Waals surface area contributed by atoms with Gasteiger partial charge in [0.1, 0.15) is 0 Å². The van der Waals surface area contributed by atoms with Crippen molar-refractivity contribution in [1.29, 1.82) is 0 Å². The van der Waals surface area contributed by atoms with Gasteiger partial charge in [-0.15, -0.1) is 0 Å². The molecule has 0 aromatic carbocycles. The van der Waals surface area contributed by atoms with Crippen LogP contribution in [0.2, 0.25) is 0 Å². The van der Waals surface area contributed by atoms with Gasteiger partial charge in [0.2, 0.25) is 10.4 Å². The topological polar surface area (TPSA) is 164 Å². The zero-order chi connectivity index (χ0) is 11.1. The summed E-state index contributed by atoms with van der Waals surface area (Å²) in [7, 11) is -4.92. The van der Waals surface area contributed by atoms with E-state index in [9.17, 15) is 0 Å². The van der Waals surface area contributed by atoms with E-state index in [0.717, 1.165) is 0 Å². The average molecular weight is 218 g/mol. The minimum Gasteiger partial charge on any atom is -0.726 e. The van der Waals surface area contributed by atoms with Gasteiger partial charge in [-0.05, 0) is 0 Å². The molecule has 6 N–H and O–H groups in total. The standard InChI is InChI=1S/C4H11NO3.H2O4S/c5-4(1-6,2-7)3-8;1-5(2,3)4/h6-8H,1-3,5H2;(H2,1,2,3,4)/p-1. The van der Waals surface area contributed by atoms with E-state index in [1.165, 1.54) is 0 Å². The molecule has 82 valence electrons. The Labute approximate surface area is 75.2 Å². The highest BCUT2D eigenvalue weighted by molar-refractivity contribution is 7.79. The first-order valence-electron chi connectivity index (χ1n) is 2.98. The molecule has 0 radical (unpaired) electrons. The summed E-state index contributed by atoms with van der Waals surface area (Å²) in [6, 6.07) is 0. The summed E-state index contributed by atoms with van der Waals surface area (Å²) in [6.45, 7) is -1.21. The summed E-state index contributed by atoms with van der Waals surface area (Å²) in [5.41, 5.74) is 3.94. The van der Waals surface area contributed by atoms with Crippen molar-refractivity contribution in [2.75, 3.05) is 19.8 Å². The Morgan fingerprint density at radius 1 is 1.15 bits per heavy atom.